The van der Waals surface area contributed by atoms with Gasteiger partial charge in [-0.3, -0.25) is 4.68 Å². The summed E-state index contributed by atoms with van der Waals surface area (Å²) < 4.78 is 1.93. The minimum atomic E-state index is -0.407. The first kappa shape index (κ1) is 13.5. The second-order valence-corrected chi connectivity index (χ2v) is 6.21. The number of hydrogen-bond donors (Lipinski definition) is 1. The van der Waals surface area contributed by atoms with Gasteiger partial charge >= 0.3 is 0 Å². The van der Waals surface area contributed by atoms with Crippen LogP contribution in [0, 0.1) is 13.8 Å². The van der Waals surface area contributed by atoms with Crippen LogP contribution < -0.4 is 0 Å². The summed E-state index contributed by atoms with van der Waals surface area (Å²) in [6.07, 6.45) is 0.371. The van der Waals surface area contributed by atoms with Crippen LogP contribution in [-0.4, -0.2) is 38.3 Å². The smallest absolute Gasteiger partial charge is 0.134 e. The van der Waals surface area contributed by atoms with Crippen molar-refractivity contribution in [1.29, 1.82) is 0 Å². The third-order valence-electron chi connectivity index (χ3n) is 4.77. The summed E-state index contributed by atoms with van der Waals surface area (Å²) in [5.41, 5.74) is 6.83. The van der Waals surface area contributed by atoms with Gasteiger partial charge in [-0.1, -0.05) is 6.07 Å². The second-order valence-electron chi connectivity index (χ2n) is 6.21. The fourth-order valence-electron chi connectivity index (χ4n) is 3.53. The van der Waals surface area contributed by atoms with Gasteiger partial charge in [0.15, 0.2) is 0 Å². The SMILES string of the molecule is Cc1nn(C)c(C)c1-c1ccc2c(c1)CN1CCC(O)C1=N2. The molecule has 2 aliphatic rings. The molecular formula is C17H20N4O. The number of hydrogen-bond acceptors (Lipinski definition) is 4. The number of rotatable bonds is 1. The van der Waals surface area contributed by atoms with Crippen molar-refractivity contribution in [2.24, 2.45) is 12.0 Å². The maximum Gasteiger partial charge on any atom is 0.134 e. The van der Waals surface area contributed by atoms with E-state index in [0.717, 1.165) is 36.7 Å². The number of aliphatic imine (C=N–C) groups is 1. The lowest BCUT2D eigenvalue weighted by Gasteiger charge is -2.25. The van der Waals surface area contributed by atoms with E-state index in [9.17, 15) is 5.11 Å². The van der Waals surface area contributed by atoms with E-state index in [2.05, 4.69) is 47.0 Å². The molecule has 1 unspecified atom stereocenters. The van der Waals surface area contributed by atoms with Crippen molar-refractivity contribution in [3.8, 4) is 11.1 Å². The Kier molecular flexibility index (Phi) is 2.87. The molecule has 0 spiro atoms. The van der Waals surface area contributed by atoms with Crippen molar-refractivity contribution in [2.75, 3.05) is 6.54 Å². The third kappa shape index (κ3) is 1.89. The normalized spacial score (nSPS) is 19.9. The highest BCUT2D eigenvalue weighted by molar-refractivity contribution is 5.92. The molecule has 0 radical (unpaired) electrons. The van der Waals surface area contributed by atoms with Crippen LogP contribution in [0.5, 0.6) is 0 Å². The Balaban J connectivity index is 1.80. The average molecular weight is 296 g/mol. The molecule has 1 fully saturated rings. The van der Waals surface area contributed by atoms with Crippen molar-refractivity contribution < 1.29 is 5.11 Å². The molecule has 0 amide bonds. The first-order valence-corrected chi connectivity index (χ1v) is 7.69. The van der Waals surface area contributed by atoms with E-state index in [-0.39, 0.29) is 0 Å². The molecule has 0 aliphatic carbocycles. The molecule has 1 N–H and O–H groups in total. The summed E-state index contributed by atoms with van der Waals surface area (Å²) in [5, 5.41) is 14.5. The molecule has 4 rings (SSSR count). The number of aromatic nitrogens is 2. The molecule has 0 bridgehead atoms. The summed E-state index contributed by atoms with van der Waals surface area (Å²) in [6.45, 7) is 5.86. The Morgan fingerprint density at radius 1 is 1.27 bits per heavy atom. The lowest BCUT2D eigenvalue weighted by molar-refractivity contribution is 0.245. The lowest BCUT2D eigenvalue weighted by atomic mass is 9.99. The Labute approximate surface area is 129 Å². The molecule has 3 heterocycles. The van der Waals surface area contributed by atoms with Gasteiger partial charge in [-0.05, 0) is 43.5 Å². The molecule has 1 aromatic carbocycles. The number of amidine groups is 1. The Hall–Kier alpha value is -2.14. The first-order valence-electron chi connectivity index (χ1n) is 7.69. The van der Waals surface area contributed by atoms with Crippen molar-refractivity contribution in [2.45, 2.75) is 32.9 Å². The van der Waals surface area contributed by atoms with E-state index >= 15 is 0 Å². The second kappa shape index (κ2) is 4.68. The van der Waals surface area contributed by atoms with Crippen molar-refractivity contribution in [3.05, 3.63) is 35.2 Å². The molecular weight excluding hydrogens is 276 g/mol. The molecule has 0 saturated carbocycles. The zero-order valence-electron chi connectivity index (χ0n) is 13.2. The minimum Gasteiger partial charge on any atom is -0.385 e. The van der Waals surface area contributed by atoms with Gasteiger partial charge in [0.05, 0.1) is 11.4 Å². The number of aliphatic hydroxyl groups is 1. The van der Waals surface area contributed by atoms with Crippen molar-refractivity contribution in [3.63, 3.8) is 0 Å². The lowest BCUT2D eigenvalue weighted by Crippen LogP contribution is -2.31. The molecule has 2 aromatic rings. The van der Waals surface area contributed by atoms with Gasteiger partial charge < -0.3 is 10.0 Å². The van der Waals surface area contributed by atoms with Crippen LogP contribution in [0.2, 0.25) is 0 Å². The zero-order chi connectivity index (χ0) is 15.4. The molecule has 22 heavy (non-hydrogen) atoms. The summed E-state index contributed by atoms with van der Waals surface area (Å²) in [6, 6.07) is 6.39. The van der Waals surface area contributed by atoms with Crippen LogP contribution in [0.15, 0.2) is 23.2 Å². The van der Waals surface area contributed by atoms with Crippen LogP contribution in [-0.2, 0) is 13.6 Å². The van der Waals surface area contributed by atoms with Gasteiger partial charge in [-0.2, -0.15) is 5.10 Å². The largest absolute Gasteiger partial charge is 0.385 e. The maximum atomic E-state index is 9.97. The Morgan fingerprint density at radius 3 is 2.82 bits per heavy atom. The number of aliphatic hydroxyl groups excluding tert-OH is 1. The number of aryl methyl sites for hydroxylation is 2. The van der Waals surface area contributed by atoms with Crippen LogP contribution in [0.4, 0.5) is 5.69 Å². The van der Waals surface area contributed by atoms with Gasteiger partial charge in [0.2, 0.25) is 0 Å². The molecule has 1 saturated heterocycles. The third-order valence-corrected chi connectivity index (χ3v) is 4.77. The van der Waals surface area contributed by atoms with Crippen LogP contribution in [0.25, 0.3) is 11.1 Å². The van der Waals surface area contributed by atoms with E-state index in [1.807, 2.05) is 11.7 Å². The zero-order valence-corrected chi connectivity index (χ0v) is 13.2. The van der Waals surface area contributed by atoms with Gasteiger partial charge in [-0.25, -0.2) is 4.99 Å². The van der Waals surface area contributed by atoms with Gasteiger partial charge in [0.1, 0.15) is 11.9 Å². The first-order chi connectivity index (χ1) is 10.5. The fraction of sp³-hybridized carbons (Fsp3) is 0.412. The monoisotopic (exact) mass is 296 g/mol. The van der Waals surface area contributed by atoms with E-state index in [0.29, 0.717) is 0 Å². The predicted octanol–water partition coefficient (Wildman–Crippen LogP) is 2.31. The summed E-state index contributed by atoms with van der Waals surface area (Å²) in [5.74, 6) is 0.828. The molecule has 114 valence electrons. The van der Waals surface area contributed by atoms with E-state index < -0.39 is 6.10 Å². The number of nitrogens with zero attached hydrogens (tertiary/aromatic N) is 4. The van der Waals surface area contributed by atoms with Crippen LogP contribution in [0.3, 0.4) is 0 Å². The quantitative estimate of drug-likeness (QED) is 0.878. The summed E-state index contributed by atoms with van der Waals surface area (Å²) >= 11 is 0. The maximum absolute atomic E-state index is 9.97. The Bertz CT molecular complexity index is 790. The van der Waals surface area contributed by atoms with Crippen molar-refractivity contribution in [1.82, 2.24) is 14.7 Å². The van der Waals surface area contributed by atoms with Gasteiger partial charge in [-0.15, -0.1) is 0 Å². The van der Waals surface area contributed by atoms with E-state index in [4.69, 9.17) is 0 Å². The molecule has 2 aliphatic heterocycles. The molecule has 1 aromatic heterocycles. The summed E-state index contributed by atoms with van der Waals surface area (Å²) in [7, 11) is 1.98. The van der Waals surface area contributed by atoms with Crippen LogP contribution >= 0.6 is 0 Å². The minimum absolute atomic E-state index is 0.407. The molecule has 5 heteroatoms. The number of benzene rings is 1. The van der Waals surface area contributed by atoms with Crippen molar-refractivity contribution >= 4 is 11.5 Å². The highest BCUT2D eigenvalue weighted by Crippen LogP contribution is 2.35. The highest BCUT2D eigenvalue weighted by atomic mass is 16.3. The summed E-state index contributed by atoms with van der Waals surface area (Å²) in [4.78, 5) is 6.83. The fourth-order valence-corrected chi connectivity index (χ4v) is 3.53. The average Bonchev–Trinajstić information content (AvgIpc) is 2.97. The number of fused-ring (bicyclic) bond motifs is 2. The van der Waals surface area contributed by atoms with Gasteiger partial charge in [0, 0.05) is 31.4 Å². The topological polar surface area (TPSA) is 53.7 Å². The van der Waals surface area contributed by atoms with E-state index in [1.54, 1.807) is 0 Å². The predicted molar refractivity (Wildman–Crippen MR) is 86.2 cm³/mol. The highest BCUT2D eigenvalue weighted by Gasteiger charge is 2.31. The Morgan fingerprint density at radius 2 is 2.09 bits per heavy atom. The molecule has 1 atom stereocenters. The standard InChI is InChI=1S/C17H20N4O/c1-10-16(11(2)20(3)19-10)12-4-5-14-13(8-12)9-21-7-6-15(22)17(21)18-14/h4-5,8,15,22H,6-7,9H2,1-3H3. The van der Waals surface area contributed by atoms with Crippen LogP contribution in [0.1, 0.15) is 23.4 Å². The van der Waals surface area contributed by atoms with Gasteiger partial charge in [0.25, 0.3) is 0 Å². The van der Waals surface area contributed by atoms with E-state index in [1.165, 1.54) is 22.4 Å². The molecule has 5 nitrogen and oxygen atoms in total.